The molecule has 0 saturated heterocycles. The van der Waals surface area contributed by atoms with E-state index in [1.54, 1.807) is 4.90 Å². The summed E-state index contributed by atoms with van der Waals surface area (Å²) < 4.78 is 1.18. The van der Waals surface area contributed by atoms with Gasteiger partial charge in [0.05, 0.1) is 6.54 Å². The Morgan fingerprint density at radius 2 is 1.79 bits per heavy atom. The van der Waals surface area contributed by atoms with Crippen molar-refractivity contribution in [2.24, 2.45) is 0 Å². The van der Waals surface area contributed by atoms with Crippen molar-refractivity contribution in [3.05, 3.63) is 87.8 Å². The molecular weight excluding hydrogens is 416 g/mol. The van der Waals surface area contributed by atoms with Crippen LogP contribution in [0.5, 0.6) is 0 Å². The number of aryl methyl sites for hydroxylation is 1. The molecule has 7 heteroatoms. The van der Waals surface area contributed by atoms with Gasteiger partial charge in [0, 0.05) is 29.9 Å². The van der Waals surface area contributed by atoms with Gasteiger partial charge < -0.3 is 10.2 Å². The number of anilines is 2. The van der Waals surface area contributed by atoms with Crippen molar-refractivity contribution in [2.45, 2.75) is 52.1 Å². The van der Waals surface area contributed by atoms with E-state index in [4.69, 9.17) is 0 Å². The number of benzene rings is 2. The van der Waals surface area contributed by atoms with Gasteiger partial charge >= 0.3 is 0 Å². The quantitative estimate of drug-likeness (QED) is 0.623. The molecule has 0 bridgehead atoms. The summed E-state index contributed by atoms with van der Waals surface area (Å²) in [5, 5.41) is 7.11. The lowest BCUT2D eigenvalue weighted by molar-refractivity contribution is -0.116. The maximum Gasteiger partial charge on any atom is 0.278 e. The van der Waals surface area contributed by atoms with Crippen LogP contribution >= 0.6 is 0 Å². The van der Waals surface area contributed by atoms with Crippen LogP contribution in [0, 0.1) is 0 Å². The molecule has 33 heavy (non-hydrogen) atoms. The molecule has 2 aromatic carbocycles. The summed E-state index contributed by atoms with van der Waals surface area (Å²) >= 11 is 0. The zero-order valence-electron chi connectivity index (χ0n) is 19.1. The first kappa shape index (κ1) is 22.5. The van der Waals surface area contributed by atoms with Gasteiger partial charge in [-0.15, -0.1) is 0 Å². The minimum Gasteiger partial charge on any atom is -0.326 e. The van der Waals surface area contributed by atoms with E-state index in [1.807, 2.05) is 55.5 Å². The number of para-hydroxylation sites is 1. The van der Waals surface area contributed by atoms with Gasteiger partial charge in [0.15, 0.2) is 0 Å². The van der Waals surface area contributed by atoms with Crippen molar-refractivity contribution in [1.82, 2.24) is 9.78 Å². The van der Waals surface area contributed by atoms with Crippen LogP contribution in [0.4, 0.5) is 11.4 Å². The van der Waals surface area contributed by atoms with E-state index in [1.165, 1.54) is 22.4 Å². The minimum atomic E-state index is -0.351. The third-order valence-corrected chi connectivity index (χ3v) is 5.92. The fourth-order valence-electron chi connectivity index (χ4n) is 4.10. The Morgan fingerprint density at radius 3 is 2.52 bits per heavy atom. The highest BCUT2D eigenvalue weighted by Gasteiger charge is 2.32. The molecule has 1 aliphatic heterocycles. The van der Waals surface area contributed by atoms with Gasteiger partial charge in [0.2, 0.25) is 5.91 Å². The van der Waals surface area contributed by atoms with E-state index in [9.17, 15) is 14.4 Å². The van der Waals surface area contributed by atoms with Crippen LogP contribution < -0.4 is 15.8 Å². The average Bonchev–Trinajstić information content (AvgIpc) is 3.14. The highest BCUT2D eigenvalue weighted by molar-refractivity contribution is 6.06. The number of carbonyl (C=O) groups is 2. The van der Waals surface area contributed by atoms with Crippen LogP contribution in [0.1, 0.15) is 54.7 Å². The molecule has 2 heterocycles. The molecule has 170 valence electrons. The zero-order chi connectivity index (χ0) is 23.5. The second-order valence-corrected chi connectivity index (χ2v) is 8.71. The largest absolute Gasteiger partial charge is 0.326 e. The molecule has 1 aromatic heterocycles. The summed E-state index contributed by atoms with van der Waals surface area (Å²) in [5.74, 6) is -0.0598. The predicted octanol–water partition coefficient (Wildman–Crippen LogP) is 3.99. The van der Waals surface area contributed by atoms with Crippen molar-refractivity contribution < 1.29 is 9.59 Å². The maximum absolute atomic E-state index is 13.2. The summed E-state index contributed by atoms with van der Waals surface area (Å²) in [4.78, 5) is 39.6. The summed E-state index contributed by atoms with van der Waals surface area (Å²) in [6.45, 7) is 6.30. The Morgan fingerprint density at radius 1 is 1.06 bits per heavy atom. The van der Waals surface area contributed by atoms with Crippen LogP contribution in [0.25, 0.3) is 0 Å². The maximum atomic E-state index is 13.2. The molecule has 7 nitrogen and oxygen atoms in total. The Kier molecular flexibility index (Phi) is 6.40. The second-order valence-electron chi connectivity index (χ2n) is 8.71. The van der Waals surface area contributed by atoms with Gasteiger partial charge in [-0.3, -0.25) is 14.4 Å². The Bertz CT molecular complexity index is 1230. The number of fused-ring (bicyclic) bond motifs is 1. The molecule has 1 aliphatic rings. The standard InChI is InChI=1S/C26H28N4O3/c1-17(2)19-8-10-21(11-9-19)27-24(31)14-15-29-25(32)13-12-22(28-29)26(33)30-18(3)16-20-6-4-5-7-23(20)30/h4-13,17-18H,14-16H2,1-3H3,(H,27,31). The second kappa shape index (κ2) is 9.40. The van der Waals surface area contributed by atoms with Crippen LogP contribution in [0.3, 0.4) is 0 Å². The molecule has 1 unspecified atom stereocenters. The third kappa shape index (κ3) is 4.87. The van der Waals surface area contributed by atoms with E-state index in [0.29, 0.717) is 11.6 Å². The van der Waals surface area contributed by atoms with E-state index >= 15 is 0 Å². The van der Waals surface area contributed by atoms with E-state index in [2.05, 4.69) is 24.3 Å². The van der Waals surface area contributed by atoms with Crippen LogP contribution in [0.15, 0.2) is 65.5 Å². The van der Waals surface area contributed by atoms with Gasteiger partial charge in [-0.05, 0) is 54.7 Å². The number of amides is 2. The fraction of sp³-hybridized carbons (Fsp3) is 0.308. The molecular formula is C26H28N4O3. The predicted molar refractivity (Wildman–Crippen MR) is 129 cm³/mol. The van der Waals surface area contributed by atoms with E-state index in [0.717, 1.165) is 17.7 Å². The molecule has 0 saturated carbocycles. The first-order valence-electron chi connectivity index (χ1n) is 11.2. The average molecular weight is 445 g/mol. The minimum absolute atomic E-state index is 0.00457. The number of hydrogen-bond acceptors (Lipinski definition) is 4. The van der Waals surface area contributed by atoms with Crippen molar-refractivity contribution in [3.8, 4) is 0 Å². The van der Waals surface area contributed by atoms with E-state index < -0.39 is 0 Å². The third-order valence-electron chi connectivity index (χ3n) is 5.92. The normalized spacial score (nSPS) is 14.9. The molecule has 3 aromatic rings. The molecule has 2 amide bonds. The highest BCUT2D eigenvalue weighted by atomic mass is 16.2. The summed E-state index contributed by atoms with van der Waals surface area (Å²) in [7, 11) is 0. The molecule has 0 aliphatic carbocycles. The molecule has 1 N–H and O–H groups in total. The van der Waals surface area contributed by atoms with Gasteiger partial charge in [-0.1, -0.05) is 44.2 Å². The van der Waals surface area contributed by atoms with Gasteiger partial charge in [0.1, 0.15) is 5.69 Å². The van der Waals surface area contributed by atoms with Crippen LogP contribution in [-0.4, -0.2) is 27.6 Å². The summed E-state index contributed by atoms with van der Waals surface area (Å²) in [6.07, 6.45) is 0.847. The Hall–Kier alpha value is -3.74. The lowest BCUT2D eigenvalue weighted by Gasteiger charge is -2.22. The number of nitrogens with one attached hydrogen (secondary N) is 1. The van der Waals surface area contributed by atoms with E-state index in [-0.39, 0.29) is 42.1 Å². The SMILES string of the molecule is CC(C)c1ccc(NC(=O)CCn2nc(C(=O)N3c4ccccc4CC3C)ccc2=O)cc1. The van der Waals surface area contributed by atoms with Crippen molar-refractivity contribution >= 4 is 23.2 Å². The number of carbonyl (C=O) groups excluding carboxylic acids is 2. The molecule has 4 rings (SSSR count). The number of aromatic nitrogens is 2. The topological polar surface area (TPSA) is 84.3 Å². The summed E-state index contributed by atoms with van der Waals surface area (Å²) in [6, 6.07) is 18.3. The number of rotatable bonds is 6. The Balaban J connectivity index is 1.44. The number of nitrogens with zero attached hydrogens (tertiary/aromatic N) is 3. The smallest absolute Gasteiger partial charge is 0.278 e. The first-order valence-corrected chi connectivity index (χ1v) is 11.2. The van der Waals surface area contributed by atoms with Crippen LogP contribution in [-0.2, 0) is 17.8 Å². The zero-order valence-corrected chi connectivity index (χ0v) is 19.1. The fourth-order valence-corrected chi connectivity index (χ4v) is 4.10. The highest BCUT2D eigenvalue weighted by Crippen LogP contribution is 2.32. The van der Waals surface area contributed by atoms with Crippen LogP contribution in [0.2, 0.25) is 0 Å². The lowest BCUT2D eigenvalue weighted by atomic mass is 10.0. The monoisotopic (exact) mass is 444 g/mol. The molecule has 1 atom stereocenters. The molecule has 0 fully saturated rings. The van der Waals surface area contributed by atoms with Crippen molar-refractivity contribution in [1.29, 1.82) is 0 Å². The van der Waals surface area contributed by atoms with Gasteiger partial charge in [0.25, 0.3) is 11.5 Å². The van der Waals surface area contributed by atoms with Crippen molar-refractivity contribution in [3.63, 3.8) is 0 Å². The lowest BCUT2D eigenvalue weighted by Crippen LogP contribution is -2.37. The molecule has 0 radical (unpaired) electrons. The van der Waals surface area contributed by atoms with Gasteiger partial charge in [-0.25, -0.2) is 4.68 Å². The molecule has 0 spiro atoms. The number of hydrogen-bond donors (Lipinski definition) is 1. The first-order chi connectivity index (χ1) is 15.8. The van der Waals surface area contributed by atoms with Crippen molar-refractivity contribution in [2.75, 3.05) is 10.2 Å². The Labute approximate surface area is 193 Å². The summed E-state index contributed by atoms with van der Waals surface area (Å²) in [5.41, 5.74) is 3.72. The van der Waals surface area contributed by atoms with Gasteiger partial charge in [-0.2, -0.15) is 5.10 Å².